The summed E-state index contributed by atoms with van der Waals surface area (Å²) >= 11 is 3.54. The summed E-state index contributed by atoms with van der Waals surface area (Å²) in [4.78, 5) is 4.49. The molecule has 2 rings (SSSR count). The van der Waals surface area contributed by atoms with E-state index >= 15 is 0 Å². The fourth-order valence-corrected chi connectivity index (χ4v) is 2.86. The predicted molar refractivity (Wildman–Crippen MR) is 86.9 cm³/mol. The monoisotopic (exact) mass is 351 g/mol. The van der Waals surface area contributed by atoms with Crippen LogP contribution in [0.4, 0.5) is 0 Å². The lowest BCUT2D eigenvalue weighted by molar-refractivity contribution is 0.329. The molecule has 1 atom stereocenters. The van der Waals surface area contributed by atoms with E-state index in [-0.39, 0.29) is 0 Å². The van der Waals surface area contributed by atoms with Crippen molar-refractivity contribution in [3.8, 4) is 0 Å². The Kier molecular flexibility index (Phi) is 5.94. The number of aromatic nitrogens is 2. The molecule has 0 radical (unpaired) electrons. The quantitative estimate of drug-likeness (QED) is 0.827. The van der Waals surface area contributed by atoms with Crippen molar-refractivity contribution in [2.24, 2.45) is 17.6 Å². The Morgan fingerprint density at radius 2 is 2.05 bits per heavy atom. The van der Waals surface area contributed by atoms with E-state index in [9.17, 15) is 0 Å². The van der Waals surface area contributed by atoms with E-state index < -0.39 is 0 Å². The molecule has 4 nitrogen and oxygen atoms in total. The zero-order chi connectivity index (χ0) is 15.2. The highest BCUT2D eigenvalue weighted by Crippen LogP contribution is 2.19. The van der Waals surface area contributed by atoms with Crippen molar-refractivity contribution < 1.29 is 4.52 Å². The van der Waals surface area contributed by atoms with Gasteiger partial charge in [-0.05, 0) is 36.4 Å². The van der Waals surface area contributed by atoms with Crippen molar-refractivity contribution >= 4 is 15.9 Å². The minimum Gasteiger partial charge on any atom is -0.339 e. The zero-order valence-electron chi connectivity index (χ0n) is 12.6. The number of nitrogens with zero attached hydrogens (tertiary/aromatic N) is 2. The van der Waals surface area contributed by atoms with E-state index in [1.807, 2.05) is 18.2 Å². The van der Waals surface area contributed by atoms with Gasteiger partial charge in [0.25, 0.3) is 0 Å². The van der Waals surface area contributed by atoms with Gasteiger partial charge in [0.05, 0.1) is 0 Å². The Hall–Kier alpha value is -1.20. The lowest BCUT2D eigenvalue weighted by Crippen LogP contribution is -2.19. The SMILES string of the molecule is CC(C)CC(CN)Cc1nc(Cc2ccccc2Br)no1. The van der Waals surface area contributed by atoms with Gasteiger partial charge in [-0.1, -0.05) is 53.1 Å². The number of hydrogen-bond acceptors (Lipinski definition) is 4. The third-order valence-electron chi connectivity index (χ3n) is 3.42. The van der Waals surface area contributed by atoms with Gasteiger partial charge in [-0.15, -0.1) is 0 Å². The number of halogens is 1. The number of nitrogens with two attached hydrogens (primary N) is 1. The van der Waals surface area contributed by atoms with Crippen LogP contribution in [0.5, 0.6) is 0 Å². The predicted octanol–water partition coefficient (Wildman–Crippen LogP) is 3.59. The van der Waals surface area contributed by atoms with Gasteiger partial charge in [0.15, 0.2) is 5.82 Å². The van der Waals surface area contributed by atoms with Crippen molar-refractivity contribution in [1.29, 1.82) is 0 Å². The molecule has 0 spiro atoms. The molecule has 2 aromatic rings. The molecular weight excluding hydrogens is 330 g/mol. The van der Waals surface area contributed by atoms with Crippen LogP contribution in [0.3, 0.4) is 0 Å². The van der Waals surface area contributed by atoms with E-state index in [4.69, 9.17) is 10.3 Å². The molecule has 0 aliphatic carbocycles. The summed E-state index contributed by atoms with van der Waals surface area (Å²) in [5.74, 6) is 2.44. The van der Waals surface area contributed by atoms with E-state index in [1.165, 1.54) is 0 Å². The van der Waals surface area contributed by atoms with E-state index in [0.29, 0.717) is 30.7 Å². The molecule has 1 heterocycles. The molecule has 5 heteroatoms. The molecule has 0 saturated heterocycles. The fraction of sp³-hybridized carbons (Fsp3) is 0.500. The maximum atomic E-state index is 5.82. The van der Waals surface area contributed by atoms with Gasteiger partial charge >= 0.3 is 0 Å². The second-order valence-corrected chi connectivity index (χ2v) is 6.66. The summed E-state index contributed by atoms with van der Waals surface area (Å²) in [7, 11) is 0. The lowest BCUT2D eigenvalue weighted by atomic mass is 9.94. The number of rotatable bonds is 7. The highest BCUT2D eigenvalue weighted by atomic mass is 79.9. The Balaban J connectivity index is 1.99. The molecule has 1 aromatic carbocycles. The molecule has 0 amide bonds. The second kappa shape index (κ2) is 7.71. The summed E-state index contributed by atoms with van der Waals surface area (Å²) in [6.07, 6.45) is 2.51. The van der Waals surface area contributed by atoms with Crippen LogP contribution in [0.25, 0.3) is 0 Å². The summed E-state index contributed by atoms with van der Waals surface area (Å²) in [6.45, 7) is 5.06. The van der Waals surface area contributed by atoms with Crippen LogP contribution >= 0.6 is 15.9 Å². The van der Waals surface area contributed by atoms with Crippen molar-refractivity contribution in [1.82, 2.24) is 10.1 Å². The molecule has 0 saturated carbocycles. The van der Waals surface area contributed by atoms with E-state index in [1.54, 1.807) is 0 Å². The maximum absolute atomic E-state index is 5.82. The first kappa shape index (κ1) is 16.2. The fourth-order valence-electron chi connectivity index (χ4n) is 2.43. The van der Waals surface area contributed by atoms with Crippen LogP contribution < -0.4 is 5.73 Å². The van der Waals surface area contributed by atoms with Gasteiger partial charge in [-0.3, -0.25) is 0 Å². The average Bonchev–Trinajstić information content (AvgIpc) is 2.87. The normalized spacial score (nSPS) is 12.8. The molecular formula is C16H22BrN3O. The lowest BCUT2D eigenvalue weighted by Gasteiger charge is -2.14. The molecule has 1 aromatic heterocycles. The maximum Gasteiger partial charge on any atom is 0.226 e. The summed E-state index contributed by atoms with van der Waals surface area (Å²) < 4.78 is 6.42. The molecule has 2 N–H and O–H groups in total. The zero-order valence-corrected chi connectivity index (χ0v) is 14.1. The summed E-state index contributed by atoms with van der Waals surface area (Å²) in [6, 6.07) is 8.08. The van der Waals surface area contributed by atoms with Crippen molar-refractivity contribution in [3.05, 3.63) is 46.0 Å². The smallest absolute Gasteiger partial charge is 0.226 e. The van der Waals surface area contributed by atoms with Gasteiger partial charge in [-0.2, -0.15) is 4.98 Å². The number of hydrogen-bond donors (Lipinski definition) is 1. The minimum absolute atomic E-state index is 0.404. The minimum atomic E-state index is 0.404. The molecule has 21 heavy (non-hydrogen) atoms. The Labute approximate surface area is 134 Å². The van der Waals surface area contributed by atoms with Crippen LogP contribution in [-0.4, -0.2) is 16.7 Å². The average molecular weight is 352 g/mol. The van der Waals surface area contributed by atoms with Gasteiger partial charge in [-0.25, -0.2) is 0 Å². The first-order valence-corrected chi connectivity index (χ1v) is 8.12. The highest BCUT2D eigenvalue weighted by Gasteiger charge is 2.15. The molecule has 0 aliphatic rings. The third kappa shape index (κ3) is 4.93. The van der Waals surface area contributed by atoms with E-state index in [2.05, 4.69) is 46.0 Å². The van der Waals surface area contributed by atoms with Crippen LogP contribution in [0.2, 0.25) is 0 Å². The van der Waals surface area contributed by atoms with Crippen molar-refractivity contribution in [3.63, 3.8) is 0 Å². The topological polar surface area (TPSA) is 64.9 Å². The largest absolute Gasteiger partial charge is 0.339 e. The first-order chi connectivity index (χ1) is 10.1. The van der Waals surface area contributed by atoms with Gasteiger partial charge in [0.2, 0.25) is 5.89 Å². The van der Waals surface area contributed by atoms with Gasteiger partial charge < -0.3 is 10.3 Å². The Bertz CT molecular complexity index is 568. The van der Waals surface area contributed by atoms with Gasteiger partial charge in [0, 0.05) is 17.3 Å². The van der Waals surface area contributed by atoms with Crippen molar-refractivity contribution in [2.45, 2.75) is 33.1 Å². The second-order valence-electron chi connectivity index (χ2n) is 5.81. The molecule has 0 aliphatic heterocycles. The van der Waals surface area contributed by atoms with Crippen molar-refractivity contribution in [2.75, 3.05) is 6.54 Å². The number of benzene rings is 1. The van der Waals surface area contributed by atoms with E-state index in [0.717, 1.165) is 28.7 Å². The van der Waals surface area contributed by atoms with Crippen LogP contribution in [0.15, 0.2) is 33.3 Å². The standard InChI is InChI=1S/C16H22BrN3O/c1-11(2)7-12(10-18)8-16-19-15(20-21-16)9-13-5-3-4-6-14(13)17/h3-6,11-12H,7-10,18H2,1-2H3. The Morgan fingerprint density at radius 1 is 1.29 bits per heavy atom. The van der Waals surface area contributed by atoms with Crippen LogP contribution in [-0.2, 0) is 12.8 Å². The molecule has 0 bridgehead atoms. The molecule has 0 fully saturated rings. The van der Waals surface area contributed by atoms with Crippen LogP contribution in [0.1, 0.15) is 37.5 Å². The first-order valence-electron chi connectivity index (χ1n) is 7.33. The Morgan fingerprint density at radius 3 is 2.71 bits per heavy atom. The highest BCUT2D eigenvalue weighted by molar-refractivity contribution is 9.10. The molecule has 1 unspecified atom stereocenters. The summed E-state index contributed by atoms with van der Waals surface area (Å²) in [5, 5.41) is 4.07. The molecule has 114 valence electrons. The van der Waals surface area contributed by atoms with Gasteiger partial charge in [0.1, 0.15) is 0 Å². The van der Waals surface area contributed by atoms with Crippen LogP contribution in [0, 0.1) is 11.8 Å². The summed E-state index contributed by atoms with van der Waals surface area (Å²) in [5.41, 5.74) is 6.98. The third-order valence-corrected chi connectivity index (χ3v) is 4.19.